The quantitative estimate of drug-likeness (QED) is 0.855. The summed E-state index contributed by atoms with van der Waals surface area (Å²) >= 11 is 0. The Kier molecular flexibility index (Phi) is 4.96. The molecule has 1 aliphatic heterocycles. The average molecular weight is 345 g/mol. The molecule has 0 aliphatic carbocycles. The van der Waals surface area contributed by atoms with E-state index in [0.717, 1.165) is 36.2 Å². The van der Waals surface area contributed by atoms with Crippen molar-refractivity contribution in [3.8, 4) is 11.3 Å². The first kappa shape index (κ1) is 17.0. The normalized spacial score (nSPS) is 19.3. The Bertz CT molecular complexity index is 803. The van der Waals surface area contributed by atoms with Gasteiger partial charge in [0, 0.05) is 18.7 Å². The Balaban J connectivity index is 1.69. The first-order valence-electron chi connectivity index (χ1n) is 8.27. The third kappa shape index (κ3) is 3.99. The van der Waals surface area contributed by atoms with Gasteiger partial charge in [-0.2, -0.15) is 10.2 Å². The molecule has 1 aromatic heterocycles. The molecule has 128 valence electrons. The van der Waals surface area contributed by atoms with Gasteiger partial charge < -0.3 is 0 Å². The van der Waals surface area contributed by atoms with Crippen molar-refractivity contribution in [2.45, 2.75) is 26.2 Å². The van der Waals surface area contributed by atoms with E-state index in [1.54, 1.807) is 4.31 Å². The molecule has 6 heteroatoms. The lowest BCUT2D eigenvalue weighted by Gasteiger charge is -2.30. The third-order valence-electron chi connectivity index (χ3n) is 4.59. The summed E-state index contributed by atoms with van der Waals surface area (Å²) in [5, 5.41) is 8.72. The Morgan fingerprint density at radius 3 is 2.62 bits per heavy atom. The lowest BCUT2D eigenvalue weighted by molar-refractivity contribution is 0.265. The van der Waals surface area contributed by atoms with Crippen LogP contribution in [-0.4, -0.2) is 42.3 Å². The van der Waals surface area contributed by atoms with Crippen LogP contribution in [0.5, 0.6) is 0 Å². The second-order valence-corrected chi connectivity index (χ2v) is 8.54. The molecular weight excluding hydrogens is 322 g/mol. The summed E-state index contributed by atoms with van der Waals surface area (Å²) in [5.74, 6) is 0.312. The molecule has 1 fully saturated rings. The molecule has 1 aliphatic rings. The second-order valence-electron chi connectivity index (χ2n) is 6.56. The molecule has 1 saturated heterocycles. The van der Waals surface area contributed by atoms with Crippen molar-refractivity contribution in [3.05, 3.63) is 47.7 Å². The largest absolute Gasteiger partial charge is 0.213 e. The van der Waals surface area contributed by atoms with Crippen LogP contribution >= 0.6 is 0 Å². The topological polar surface area (TPSA) is 63.2 Å². The Morgan fingerprint density at radius 2 is 1.96 bits per heavy atom. The van der Waals surface area contributed by atoms with E-state index in [0.29, 0.717) is 19.0 Å². The monoisotopic (exact) mass is 345 g/mol. The molecule has 24 heavy (non-hydrogen) atoms. The minimum Gasteiger partial charge on any atom is -0.213 e. The summed E-state index contributed by atoms with van der Waals surface area (Å²) in [6.07, 6.45) is 4.00. The van der Waals surface area contributed by atoms with E-state index in [4.69, 9.17) is 0 Å². The minimum absolute atomic E-state index is 0.312. The summed E-state index contributed by atoms with van der Waals surface area (Å²) in [6.45, 7) is 3.28. The minimum atomic E-state index is -3.10. The fourth-order valence-electron chi connectivity index (χ4n) is 3.26. The van der Waals surface area contributed by atoms with Gasteiger partial charge in [-0.1, -0.05) is 24.3 Å². The molecule has 5 nitrogen and oxygen atoms in total. The van der Waals surface area contributed by atoms with E-state index in [-0.39, 0.29) is 0 Å². The van der Waals surface area contributed by atoms with Crippen LogP contribution in [0.3, 0.4) is 0 Å². The first-order valence-corrected chi connectivity index (χ1v) is 10.1. The number of nitrogens with zero attached hydrogens (tertiary/aromatic N) is 3. The van der Waals surface area contributed by atoms with Crippen LogP contribution in [0.15, 0.2) is 36.4 Å². The van der Waals surface area contributed by atoms with Crippen LogP contribution in [-0.2, 0) is 16.4 Å². The van der Waals surface area contributed by atoms with Crippen LogP contribution in [0.1, 0.15) is 24.1 Å². The van der Waals surface area contributed by atoms with Crippen LogP contribution in [0.25, 0.3) is 11.3 Å². The van der Waals surface area contributed by atoms with Crippen LogP contribution in [0.2, 0.25) is 0 Å². The third-order valence-corrected chi connectivity index (χ3v) is 5.86. The van der Waals surface area contributed by atoms with E-state index >= 15 is 0 Å². The smallest absolute Gasteiger partial charge is 0.211 e. The maximum absolute atomic E-state index is 11.7. The predicted octanol–water partition coefficient (Wildman–Crippen LogP) is 2.67. The van der Waals surface area contributed by atoms with Crippen molar-refractivity contribution in [2.24, 2.45) is 5.92 Å². The second kappa shape index (κ2) is 6.99. The van der Waals surface area contributed by atoms with Gasteiger partial charge in [0.1, 0.15) is 0 Å². The highest BCUT2D eigenvalue weighted by Gasteiger charge is 2.26. The van der Waals surface area contributed by atoms with Crippen LogP contribution in [0.4, 0.5) is 0 Å². The lowest BCUT2D eigenvalue weighted by Crippen LogP contribution is -2.39. The van der Waals surface area contributed by atoms with Crippen molar-refractivity contribution in [1.29, 1.82) is 0 Å². The van der Waals surface area contributed by atoms with Crippen molar-refractivity contribution in [2.75, 3.05) is 19.3 Å². The maximum Gasteiger partial charge on any atom is 0.211 e. The molecule has 1 atom stereocenters. The van der Waals surface area contributed by atoms with Crippen molar-refractivity contribution >= 4 is 10.0 Å². The van der Waals surface area contributed by atoms with Crippen LogP contribution in [0, 0.1) is 12.8 Å². The zero-order valence-electron chi connectivity index (χ0n) is 14.1. The van der Waals surface area contributed by atoms with E-state index in [1.165, 1.54) is 11.8 Å². The van der Waals surface area contributed by atoms with Gasteiger partial charge in [-0.3, -0.25) is 0 Å². The van der Waals surface area contributed by atoms with Gasteiger partial charge in [0.05, 0.1) is 17.6 Å². The van der Waals surface area contributed by atoms with Gasteiger partial charge >= 0.3 is 0 Å². The maximum atomic E-state index is 11.7. The van der Waals surface area contributed by atoms with Gasteiger partial charge in [0.15, 0.2) is 0 Å². The summed E-state index contributed by atoms with van der Waals surface area (Å²) < 4.78 is 25.0. The molecule has 0 unspecified atom stereocenters. The van der Waals surface area contributed by atoms with Crippen LogP contribution < -0.4 is 0 Å². The average Bonchev–Trinajstić information content (AvgIpc) is 2.56. The fourth-order valence-corrected chi connectivity index (χ4v) is 4.21. The number of benzene rings is 1. The number of rotatable bonds is 4. The highest BCUT2D eigenvalue weighted by molar-refractivity contribution is 7.88. The van der Waals surface area contributed by atoms with E-state index < -0.39 is 10.0 Å². The lowest BCUT2D eigenvalue weighted by atomic mass is 9.94. The van der Waals surface area contributed by atoms with Gasteiger partial charge in [0.25, 0.3) is 0 Å². The molecule has 1 aromatic carbocycles. The molecule has 0 radical (unpaired) electrons. The van der Waals surface area contributed by atoms with E-state index in [9.17, 15) is 8.42 Å². The highest BCUT2D eigenvalue weighted by Crippen LogP contribution is 2.23. The zero-order chi connectivity index (χ0) is 17.2. The zero-order valence-corrected chi connectivity index (χ0v) is 15.0. The Hall–Kier alpha value is -1.79. The molecule has 0 N–H and O–H groups in total. The molecule has 0 spiro atoms. The number of hydrogen-bond donors (Lipinski definition) is 0. The number of aromatic nitrogens is 2. The number of aryl methyl sites for hydroxylation is 1. The molecule has 0 saturated carbocycles. The van der Waals surface area contributed by atoms with Gasteiger partial charge in [-0.15, -0.1) is 0 Å². The molecule has 0 bridgehead atoms. The van der Waals surface area contributed by atoms with Gasteiger partial charge in [-0.25, -0.2) is 12.7 Å². The molecule has 2 aromatic rings. The molecule has 3 rings (SSSR count). The fraction of sp³-hybridized carbons (Fsp3) is 0.444. The standard InChI is InChI=1S/C18H23N3O2S/c1-14-6-3-4-8-17(14)18-10-9-16(19-20-18)12-15-7-5-11-21(13-15)24(2,22)23/h3-4,6,8-10,15H,5,7,11-13H2,1-2H3/t15-/m0/s1. The van der Waals surface area contributed by atoms with E-state index in [2.05, 4.69) is 23.2 Å². The highest BCUT2D eigenvalue weighted by atomic mass is 32.2. The molecule has 2 heterocycles. The van der Waals surface area contributed by atoms with Crippen molar-refractivity contribution in [1.82, 2.24) is 14.5 Å². The molecular formula is C18H23N3O2S. The summed E-state index contributed by atoms with van der Waals surface area (Å²) in [7, 11) is -3.10. The molecule has 0 amide bonds. The Morgan fingerprint density at radius 1 is 1.17 bits per heavy atom. The SMILES string of the molecule is Cc1ccccc1-c1ccc(C[C@@H]2CCCN(S(C)(=O)=O)C2)nn1. The predicted molar refractivity (Wildman–Crippen MR) is 95.0 cm³/mol. The van der Waals surface area contributed by atoms with Gasteiger partial charge in [0.2, 0.25) is 10.0 Å². The van der Waals surface area contributed by atoms with Crippen molar-refractivity contribution < 1.29 is 8.42 Å². The van der Waals surface area contributed by atoms with Gasteiger partial charge in [-0.05, 0) is 49.8 Å². The number of hydrogen-bond acceptors (Lipinski definition) is 4. The summed E-state index contributed by atoms with van der Waals surface area (Å²) in [5.41, 5.74) is 4.07. The van der Waals surface area contributed by atoms with Crippen molar-refractivity contribution in [3.63, 3.8) is 0 Å². The Labute approximate surface area is 143 Å². The summed E-state index contributed by atoms with van der Waals surface area (Å²) in [6, 6.07) is 12.1. The summed E-state index contributed by atoms with van der Waals surface area (Å²) in [4.78, 5) is 0. The number of sulfonamides is 1. The van der Waals surface area contributed by atoms with E-state index in [1.807, 2.05) is 30.3 Å². The first-order chi connectivity index (χ1) is 11.4. The number of piperidine rings is 1.